The minimum atomic E-state index is 0.202. The molecule has 0 amide bonds. The van der Waals surface area contributed by atoms with Crippen LogP contribution >= 0.6 is 0 Å². The maximum absolute atomic E-state index is 4.46. The molecule has 2 aromatic heterocycles. The molecule has 0 radical (unpaired) electrons. The van der Waals surface area contributed by atoms with E-state index < -0.39 is 0 Å². The van der Waals surface area contributed by atoms with Crippen LogP contribution in [0.2, 0.25) is 0 Å². The minimum absolute atomic E-state index is 0.202. The number of benzene rings is 1. The van der Waals surface area contributed by atoms with E-state index in [-0.39, 0.29) is 6.04 Å². The van der Waals surface area contributed by atoms with E-state index in [4.69, 9.17) is 0 Å². The first kappa shape index (κ1) is 15.5. The highest BCUT2D eigenvalue weighted by molar-refractivity contribution is 5.42. The number of aromatic nitrogens is 4. The number of para-hydroxylation sites is 1. The lowest BCUT2D eigenvalue weighted by molar-refractivity contribution is 0.508. The first-order valence-corrected chi connectivity index (χ1v) is 8.01. The van der Waals surface area contributed by atoms with Gasteiger partial charge in [0.05, 0.1) is 12.2 Å². The maximum Gasteiger partial charge on any atom is 0.122 e. The molecule has 0 spiro atoms. The summed E-state index contributed by atoms with van der Waals surface area (Å²) in [5.74, 6) is 1.06. The average Bonchev–Trinajstić information content (AvgIpc) is 3.23. The van der Waals surface area contributed by atoms with Crippen LogP contribution in [0.3, 0.4) is 0 Å². The van der Waals surface area contributed by atoms with E-state index in [1.54, 1.807) is 6.20 Å². The first-order chi connectivity index (χ1) is 11.2. The van der Waals surface area contributed by atoms with Crippen molar-refractivity contribution < 1.29 is 0 Å². The molecule has 1 atom stereocenters. The van der Waals surface area contributed by atoms with E-state index in [9.17, 15) is 0 Å². The van der Waals surface area contributed by atoms with Crippen molar-refractivity contribution in [2.45, 2.75) is 39.4 Å². The van der Waals surface area contributed by atoms with E-state index in [1.165, 1.54) is 5.56 Å². The van der Waals surface area contributed by atoms with E-state index in [0.717, 1.165) is 18.1 Å². The lowest BCUT2D eigenvalue weighted by Gasteiger charge is -2.19. The van der Waals surface area contributed by atoms with Crippen LogP contribution in [-0.2, 0) is 6.54 Å². The summed E-state index contributed by atoms with van der Waals surface area (Å²) in [5.41, 5.74) is 2.32. The van der Waals surface area contributed by atoms with Gasteiger partial charge in [0.15, 0.2) is 0 Å². The number of nitrogens with one attached hydrogen (secondary N) is 1. The van der Waals surface area contributed by atoms with E-state index in [1.807, 2.05) is 35.4 Å². The average molecular weight is 309 g/mol. The molecular weight excluding hydrogens is 286 g/mol. The Balaban J connectivity index is 1.77. The third-order valence-corrected chi connectivity index (χ3v) is 4.03. The van der Waals surface area contributed by atoms with Crippen LogP contribution < -0.4 is 5.32 Å². The van der Waals surface area contributed by atoms with Gasteiger partial charge in [0.2, 0.25) is 0 Å². The summed E-state index contributed by atoms with van der Waals surface area (Å²) in [5, 5.41) is 7.92. The second kappa shape index (κ2) is 6.79. The molecular formula is C18H23N5. The van der Waals surface area contributed by atoms with E-state index in [0.29, 0.717) is 6.04 Å². The Bertz CT molecular complexity index is 742. The second-order valence-electron chi connectivity index (χ2n) is 5.96. The number of imidazole rings is 1. The van der Waals surface area contributed by atoms with Crippen LogP contribution in [-0.4, -0.2) is 19.3 Å². The van der Waals surface area contributed by atoms with E-state index in [2.05, 4.69) is 58.9 Å². The van der Waals surface area contributed by atoms with Gasteiger partial charge in [-0.3, -0.25) is 0 Å². The Morgan fingerprint density at radius 1 is 1.04 bits per heavy atom. The molecule has 0 fully saturated rings. The quantitative estimate of drug-likeness (QED) is 0.758. The Morgan fingerprint density at radius 3 is 2.61 bits per heavy atom. The molecule has 23 heavy (non-hydrogen) atoms. The van der Waals surface area contributed by atoms with Crippen molar-refractivity contribution in [3.05, 3.63) is 66.5 Å². The molecule has 0 aliphatic carbocycles. The molecule has 0 aliphatic rings. The summed E-state index contributed by atoms with van der Waals surface area (Å²) in [6.07, 6.45) is 7.66. The summed E-state index contributed by atoms with van der Waals surface area (Å²) in [6.45, 7) is 7.24. The predicted octanol–water partition coefficient (Wildman–Crippen LogP) is 3.50. The standard InChI is InChI=1S/C18H23N5/c1-14(2)22-12-10-19-18(22)13-20-15(3)16-7-4-5-8-17(16)23-11-6-9-21-23/h4-12,14-15,20H,13H2,1-3H3/t15-/m1/s1. The molecule has 1 N–H and O–H groups in total. The van der Waals surface area contributed by atoms with Crippen LogP contribution in [0.4, 0.5) is 0 Å². The highest BCUT2D eigenvalue weighted by atomic mass is 15.3. The van der Waals surface area contributed by atoms with Gasteiger partial charge in [-0.15, -0.1) is 0 Å². The van der Waals surface area contributed by atoms with Crippen LogP contribution in [0.1, 0.15) is 44.2 Å². The van der Waals surface area contributed by atoms with Crippen molar-refractivity contribution in [1.29, 1.82) is 0 Å². The second-order valence-corrected chi connectivity index (χ2v) is 5.96. The lowest BCUT2D eigenvalue weighted by atomic mass is 10.1. The van der Waals surface area contributed by atoms with Crippen LogP contribution in [0.5, 0.6) is 0 Å². The monoisotopic (exact) mass is 309 g/mol. The molecule has 0 unspecified atom stereocenters. The Kier molecular flexibility index (Phi) is 4.57. The van der Waals surface area contributed by atoms with Crippen molar-refractivity contribution in [2.75, 3.05) is 0 Å². The molecule has 5 nitrogen and oxygen atoms in total. The van der Waals surface area contributed by atoms with Gasteiger partial charge in [0.25, 0.3) is 0 Å². The molecule has 3 aromatic rings. The van der Waals surface area contributed by atoms with Crippen molar-refractivity contribution in [3.63, 3.8) is 0 Å². The first-order valence-electron chi connectivity index (χ1n) is 8.01. The van der Waals surface area contributed by atoms with Crippen molar-refractivity contribution in [3.8, 4) is 5.69 Å². The normalized spacial score (nSPS) is 12.7. The Morgan fingerprint density at radius 2 is 1.87 bits per heavy atom. The van der Waals surface area contributed by atoms with Gasteiger partial charge in [0, 0.05) is 36.9 Å². The molecule has 1 aromatic carbocycles. The molecule has 120 valence electrons. The highest BCUT2D eigenvalue weighted by Crippen LogP contribution is 2.21. The smallest absolute Gasteiger partial charge is 0.122 e. The maximum atomic E-state index is 4.46. The van der Waals surface area contributed by atoms with Gasteiger partial charge in [-0.25, -0.2) is 9.67 Å². The van der Waals surface area contributed by atoms with Gasteiger partial charge in [0.1, 0.15) is 5.82 Å². The summed E-state index contributed by atoms with van der Waals surface area (Å²) in [6, 6.07) is 10.9. The van der Waals surface area contributed by atoms with Crippen molar-refractivity contribution in [2.24, 2.45) is 0 Å². The number of hydrogen-bond donors (Lipinski definition) is 1. The number of hydrogen-bond acceptors (Lipinski definition) is 3. The van der Waals surface area contributed by atoms with Crippen LogP contribution in [0, 0.1) is 0 Å². The molecule has 3 rings (SSSR count). The SMILES string of the molecule is CC(C)n1ccnc1CN[C@H](C)c1ccccc1-n1cccn1. The van der Waals surface area contributed by atoms with Gasteiger partial charge in [-0.2, -0.15) is 5.10 Å². The summed E-state index contributed by atoms with van der Waals surface area (Å²) >= 11 is 0. The lowest BCUT2D eigenvalue weighted by Crippen LogP contribution is -2.22. The van der Waals surface area contributed by atoms with Gasteiger partial charge >= 0.3 is 0 Å². The Hall–Kier alpha value is -2.40. The number of nitrogens with zero attached hydrogens (tertiary/aromatic N) is 4. The topological polar surface area (TPSA) is 47.7 Å². The molecule has 0 saturated heterocycles. The summed E-state index contributed by atoms with van der Waals surface area (Å²) in [4.78, 5) is 4.46. The summed E-state index contributed by atoms with van der Waals surface area (Å²) < 4.78 is 4.10. The molecule has 2 heterocycles. The molecule has 0 bridgehead atoms. The Labute approximate surface area is 137 Å². The van der Waals surface area contributed by atoms with Gasteiger partial charge in [-0.1, -0.05) is 18.2 Å². The highest BCUT2D eigenvalue weighted by Gasteiger charge is 2.13. The summed E-state index contributed by atoms with van der Waals surface area (Å²) in [7, 11) is 0. The third kappa shape index (κ3) is 3.35. The molecule has 5 heteroatoms. The zero-order chi connectivity index (χ0) is 16.2. The third-order valence-electron chi connectivity index (χ3n) is 4.03. The number of rotatable bonds is 6. The zero-order valence-electron chi connectivity index (χ0n) is 13.8. The minimum Gasteiger partial charge on any atom is -0.331 e. The molecule has 0 saturated carbocycles. The fraction of sp³-hybridized carbons (Fsp3) is 0.333. The van der Waals surface area contributed by atoms with E-state index >= 15 is 0 Å². The van der Waals surface area contributed by atoms with Crippen molar-refractivity contribution >= 4 is 0 Å². The largest absolute Gasteiger partial charge is 0.331 e. The fourth-order valence-corrected chi connectivity index (χ4v) is 2.78. The molecule has 0 aliphatic heterocycles. The van der Waals surface area contributed by atoms with Gasteiger partial charge < -0.3 is 9.88 Å². The van der Waals surface area contributed by atoms with Gasteiger partial charge in [-0.05, 0) is 38.5 Å². The van der Waals surface area contributed by atoms with Crippen LogP contribution in [0.15, 0.2) is 55.1 Å². The van der Waals surface area contributed by atoms with Crippen LogP contribution in [0.25, 0.3) is 5.69 Å². The fourth-order valence-electron chi connectivity index (χ4n) is 2.78. The predicted molar refractivity (Wildman–Crippen MR) is 91.4 cm³/mol. The van der Waals surface area contributed by atoms with Crippen molar-refractivity contribution in [1.82, 2.24) is 24.6 Å². The zero-order valence-corrected chi connectivity index (χ0v) is 13.8.